The van der Waals surface area contributed by atoms with Crippen molar-refractivity contribution < 1.29 is 4.79 Å². The minimum absolute atomic E-state index is 0.0303. The molecule has 0 spiro atoms. The largest absolute Gasteiger partial charge is 0.352 e. The summed E-state index contributed by atoms with van der Waals surface area (Å²) >= 11 is 5.82. The van der Waals surface area contributed by atoms with E-state index in [-0.39, 0.29) is 17.2 Å². The summed E-state index contributed by atoms with van der Waals surface area (Å²) in [5, 5.41) is 3.13. The first-order valence-corrected chi connectivity index (χ1v) is 5.92. The second kappa shape index (κ2) is 4.83. The number of carbonyl (C=O) groups excluding carboxylic acids is 1. The summed E-state index contributed by atoms with van der Waals surface area (Å²) in [4.78, 5) is 25.3. The highest BCUT2D eigenvalue weighted by molar-refractivity contribution is 6.28. The number of carbonyl (C=O) groups is 1. The van der Waals surface area contributed by atoms with E-state index < -0.39 is 0 Å². The summed E-state index contributed by atoms with van der Waals surface area (Å²) in [5.74, 6) is 0.758. The van der Waals surface area contributed by atoms with Crippen LogP contribution in [-0.4, -0.2) is 33.4 Å². The number of nitrogens with zero attached hydrogens (tertiary/aromatic N) is 4. The van der Waals surface area contributed by atoms with Gasteiger partial charge in [-0.2, -0.15) is 15.0 Å². The summed E-state index contributed by atoms with van der Waals surface area (Å²) in [6, 6.07) is 0.190. The van der Waals surface area contributed by atoms with Gasteiger partial charge in [0.25, 0.3) is 0 Å². The molecule has 0 aromatic carbocycles. The molecule has 2 rings (SSSR count). The molecular formula is C10H14ClN5O. The average molecular weight is 256 g/mol. The Balaban J connectivity index is 2.27. The molecule has 1 aliphatic heterocycles. The van der Waals surface area contributed by atoms with E-state index in [1.54, 1.807) is 4.90 Å². The Morgan fingerprint density at radius 1 is 1.35 bits per heavy atom. The lowest BCUT2D eigenvalue weighted by Gasteiger charge is -2.15. The number of halogens is 1. The van der Waals surface area contributed by atoms with Gasteiger partial charge in [-0.15, -0.1) is 0 Å². The molecule has 1 N–H and O–H groups in total. The van der Waals surface area contributed by atoms with Gasteiger partial charge in [0.2, 0.25) is 23.1 Å². The molecule has 0 saturated carbocycles. The number of anilines is 2. The lowest BCUT2D eigenvalue weighted by molar-refractivity contribution is -0.117. The minimum atomic E-state index is 0.0303. The second-order valence-corrected chi connectivity index (χ2v) is 4.51. The molecule has 1 amide bonds. The highest BCUT2D eigenvalue weighted by Crippen LogP contribution is 2.19. The number of amides is 1. The van der Waals surface area contributed by atoms with Crippen LogP contribution < -0.4 is 10.2 Å². The SMILES string of the molecule is CC(C)Nc1nc(Cl)nc(N2CCCC2=O)n1. The van der Waals surface area contributed by atoms with Crippen LogP contribution in [0.25, 0.3) is 0 Å². The Morgan fingerprint density at radius 2 is 2.12 bits per heavy atom. The van der Waals surface area contributed by atoms with Crippen molar-refractivity contribution in [3.8, 4) is 0 Å². The van der Waals surface area contributed by atoms with Crippen LogP contribution in [0.2, 0.25) is 5.28 Å². The lowest BCUT2D eigenvalue weighted by Crippen LogP contribution is -2.27. The minimum Gasteiger partial charge on any atom is -0.352 e. The fourth-order valence-corrected chi connectivity index (χ4v) is 1.80. The third-order valence-corrected chi connectivity index (χ3v) is 2.50. The van der Waals surface area contributed by atoms with Crippen LogP contribution >= 0.6 is 11.6 Å². The number of hydrogen-bond acceptors (Lipinski definition) is 5. The second-order valence-electron chi connectivity index (χ2n) is 4.18. The molecule has 1 aliphatic rings. The van der Waals surface area contributed by atoms with Crippen LogP contribution in [0.5, 0.6) is 0 Å². The molecule has 7 heteroatoms. The van der Waals surface area contributed by atoms with Gasteiger partial charge in [-0.05, 0) is 31.9 Å². The van der Waals surface area contributed by atoms with Gasteiger partial charge >= 0.3 is 0 Å². The Morgan fingerprint density at radius 3 is 2.71 bits per heavy atom. The molecule has 0 bridgehead atoms. The summed E-state index contributed by atoms with van der Waals surface area (Å²) in [7, 11) is 0. The van der Waals surface area contributed by atoms with Crippen molar-refractivity contribution in [2.45, 2.75) is 32.7 Å². The molecule has 1 saturated heterocycles. The van der Waals surface area contributed by atoms with Gasteiger partial charge in [0.15, 0.2) is 0 Å². The maximum Gasteiger partial charge on any atom is 0.238 e. The molecule has 0 unspecified atom stereocenters. The van der Waals surface area contributed by atoms with Crippen LogP contribution in [-0.2, 0) is 4.79 Å². The van der Waals surface area contributed by atoms with Gasteiger partial charge in [-0.3, -0.25) is 9.69 Å². The van der Waals surface area contributed by atoms with Crippen molar-refractivity contribution in [2.24, 2.45) is 0 Å². The number of hydrogen-bond donors (Lipinski definition) is 1. The smallest absolute Gasteiger partial charge is 0.238 e. The topological polar surface area (TPSA) is 71.0 Å². The normalized spacial score (nSPS) is 15.8. The van der Waals surface area contributed by atoms with Crippen LogP contribution in [0.1, 0.15) is 26.7 Å². The Labute approximate surface area is 104 Å². The predicted molar refractivity (Wildman–Crippen MR) is 65.2 cm³/mol. The molecule has 1 fully saturated rings. The summed E-state index contributed by atoms with van der Waals surface area (Å²) in [6.07, 6.45) is 1.37. The Bertz CT molecular complexity index is 437. The quantitative estimate of drug-likeness (QED) is 0.886. The van der Waals surface area contributed by atoms with E-state index in [9.17, 15) is 4.79 Å². The zero-order chi connectivity index (χ0) is 12.4. The molecule has 0 radical (unpaired) electrons. The molecule has 17 heavy (non-hydrogen) atoms. The third kappa shape index (κ3) is 2.82. The van der Waals surface area contributed by atoms with Gasteiger partial charge in [0.05, 0.1) is 0 Å². The Kier molecular flexibility index (Phi) is 3.42. The van der Waals surface area contributed by atoms with E-state index in [2.05, 4.69) is 20.3 Å². The van der Waals surface area contributed by atoms with Crippen molar-refractivity contribution in [1.29, 1.82) is 0 Å². The maximum absolute atomic E-state index is 11.6. The van der Waals surface area contributed by atoms with Crippen LogP contribution in [0.3, 0.4) is 0 Å². The van der Waals surface area contributed by atoms with E-state index >= 15 is 0 Å². The van der Waals surface area contributed by atoms with Crippen LogP contribution in [0.4, 0.5) is 11.9 Å². The molecule has 92 valence electrons. The monoisotopic (exact) mass is 255 g/mol. The standard InChI is InChI=1S/C10H14ClN5O/c1-6(2)12-9-13-8(11)14-10(15-9)16-5-3-4-7(16)17/h6H,3-5H2,1-2H3,(H,12,13,14,15). The van der Waals surface area contributed by atoms with E-state index in [0.29, 0.717) is 24.9 Å². The molecule has 1 aromatic heterocycles. The van der Waals surface area contributed by atoms with Gasteiger partial charge in [0, 0.05) is 19.0 Å². The van der Waals surface area contributed by atoms with E-state index in [1.807, 2.05) is 13.8 Å². The van der Waals surface area contributed by atoms with E-state index in [0.717, 1.165) is 6.42 Å². The fourth-order valence-electron chi connectivity index (χ4n) is 1.64. The van der Waals surface area contributed by atoms with E-state index in [1.165, 1.54) is 0 Å². The van der Waals surface area contributed by atoms with Crippen LogP contribution in [0, 0.1) is 0 Å². The van der Waals surface area contributed by atoms with Crippen molar-refractivity contribution >= 4 is 29.4 Å². The first-order chi connectivity index (χ1) is 8.06. The van der Waals surface area contributed by atoms with E-state index in [4.69, 9.17) is 11.6 Å². The predicted octanol–water partition coefficient (Wildman–Crippen LogP) is 1.47. The fraction of sp³-hybridized carbons (Fsp3) is 0.600. The summed E-state index contributed by atoms with van der Waals surface area (Å²) in [6.45, 7) is 4.58. The zero-order valence-electron chi connectivity index (χ0n) is 9.77. The van der Waals surface area contributed by atoms with Crippen molar-refractivity contribution in [3.05, 3.63) is 5.28 Å². The average Bonchev–Trinajstić information content (AvgIpc) is 2.62. The summed E-state index contributed by atoms with van der Waals surface area (Å²) < 4.78 is 0. The molecular weight excluding hydrogens is 242 g/mol. The maximum atomic E-state index is 11.6. The lowest BCUT2D eigenvalue weighted by atomic mass is 10.4. The Hall–Kier alpha value is -1.43. The molecule has 1 aromatic rings. The van der Waals surface area contributed by atoms with Crippen LogP contribution in [0.15, 0.2) is 0 Å². The van der Waals surface area contributed by atoms with Gasteiger partial charge in [-0.25, -0.2) is 0 Å². The third-order valence-electron chi connectivity index (χ3n) is 2.33. The molecule has 2 heterocycles. The number of rotatable bonds is 3. The van der Waals surface area contributed by atoms with Gasteiger partial charge < -0.3 is 5.32 Å². The first-order valence-electron chi connectivity index (χ1n) is 5.55. The highest BCUT2D eigenvalue weighted by atomic mass is 35.5. The van der Waals surface area contributed by atoms with Gasteiger partial charge in [0.1, 0.15) is 0 Å². The number of nitrogens with one attached hydrogen (secondary N) is 1. The van der Waals surface area contributed by atoms with Crippen molar-refractivity contribution in [3.63, 3.8) is 0 Å². The van der Waals surface area contributed by atoms with Gasteiger partial charge in [-0.1, -0.05) is 0 Å². The summed E-state index contributed by atoms with van der Waals surface area (Å²) in [5.41, 5.74) is 0. The first kappa shape index (κ1) is 12.0. The van der Waals surface area contributed by atoms with Crippen molar-refractivity contribution in [1.82, 2.24) is 15.0 Å². The molecule has 0 aliphatic carbocycles. The van der Waals surface area contributed by atoms with Crippen molar-refractivity contribution in [2.75, 3.05) is 16.8 Å². The highest BCUT2D eigenvalue weighted by Gasteiger charge is 2.25. The molecule has 0 atom stereocenters. The molecule has 6 nitrogen and oxygen atoms in total. The zero-order valence-corrected chi connectivity index (χ0v) is 10.5. The number of aromatic nitrogens is 3.